The highest BCUT2D eigenvalue weighted by Crippen LogP contribution is 2.46. The van der Waals surface area contributed by atoms with Gasteiger partial charge < -0.3 is 14.5 Å². The Kier molecular flexibility index (Phi) is 6.30. The molecule has 0 saturated heterocycles. The third-order valence-corrected chi connectivity index (χ3v) is 5.82. The molecule has 5 nitrogen and oxygen atoms in total. The number of hydrogen-bond acceptors (Lipinski definition) is 5. The van der Waals surface area contributed by atoms with E-state index in [2.05, 4.69) is 38.7 Å². The van der Waals surface area contributed by atoms with Gasteiger partial charge in [0, 0.05) is 48.7 Å². The molecule has 0 spiro atoms. The van der Waals surface area contributed by atoms with Crippen molar-refractivity contribution in [3.63, 3.8) is 0 Å². The highest BCUT2D eigenvalue weighted by Gasteiger charge is 2.38. The number of likely N-dealkylation sites (N-methyl/N-ethyl adjacent to an activating group) is 1. The molecule has 1 aliphatic heterocycles. The second-order valence-corrected chi connectivity index (χ2v) is 7.99. The SMILES string of the molecule is CCN(CC)c1ccc(C(=O)OCC(=O)C=C2N(C)c3ccccc3C2(C)C)cc1. The van der Waals surface area contributed by atoms with Crippen molar-refractivity contribution in [2.24, 2.45) is 0 Å². The maximum absolute atomic E-state index is 12.6. The fourth-order valence-corrected chi connectivity index (χ4v) is 4.07. The predicted octanol–water partition coefficient (Wildman–Crippen LogP) is 4.57. The Morgan fingerprint density at radius 3 is 2.27 bits per heavy atom. The average molecular weight is 407 g/mol. The monoisotopic (exact) mass is 406 g/mol. The number of para-hydroxylation sites is 1. The van der Waals surface area contributed by atoms with Gasteiger partial charge in [-0.1, -0.05) is 32.0 Å². The van der Waals surface area contributed by atoms with E-state index in [4.69, 9.17) is 4.74 Å². The van der Waals surface area contributed by atoms with Crippen LogP contribution in [-0.2, 0) is 14.9 Å². The molecule has 0 N–H and O–H groups in total. The second kappa shape index (κ2) is 8.74. The highest BCUT2D eigenvalue weighted by atomic mass is 16.5. The number of carbonyl (C=O) groups is 2. The third kappa shape index (κ3) is 4.11. The molecule has 1 aliphatic rings. The van der Waals surface area contributed by atoms with Crippen molar-refractivity contribution in [3.05, 3.63) is 71.4 Å². The summed E-state index contributed by atoms with van der Waals surface area (Å²) in [6, 6.07) is 15.4. The Balaban J connectivity index is 1.65. The van der Waals surface area contributed by atoms with Gasteiger partial charge >= 0.3 is 5.97 Å². The van der Waals surface area contributed by atoms with Crippen LogP contribution >= 0.6 is 0 Å². The molecular formula is C25H30N2O3. The summed E-state index contributed by atoms with van der Waals surface area (Å²) in [7, 11) is 1.95. The van der Waals surface area contributed by atoms with Crippen molar-refractivity contribution in [1.82, 2.24) is 0 Å². The maximum atomic E-state index is 12.6. The minimum absolute atomic E-state index is 0.231. The average Bonchev–Trinajstić information content (AvgIpc) is 2.94. The van der Waals surface area contributed by atoms with Gasteiger partial charge in [-0.3, -0.25) is 4.79 Å². The van der Waals surface area contributed by atoms with Crippen LogP contribution in [0.2, 0.25) is 0 Å². The molecule has 1 heterocycles. The van der Waals surface area contributed by atoms with Crippen molar-refractivity contribution in [2.45, 2.75) is 33.1 Å². The number of benzene rings is 2. The van der Waals surface area contributed by atoms with Gasteiger partial charge in [0.25, 0.3) is 0 Å². The summed E-state index contributed by atoms with van der Waals surface area (Å²) in [4.78, 5) is 29.1. The zero-order valence-corrected chi connectivity index (χ0v) is 18.4. The Hall–Kier alpha value is -3.08. The van der Waals surface area contributed by atoms with Gasteiger partial charge in [0.2, 0.25) is 0 Å². The lowest BCUT2D eigenvalue weighted by atomic mass is 9.83. The van der Waals surface area contributed by atoms with E-state index in [0.717, 1.165) is 30.2 Å². The van der Waals surface area contributed by atoms with Crippen LogP contribution in [0.25, 0.3) is 0 Å². The van der Waals surface area contributed by atoms with Crippen LogP contribution in [0.5, 0.6) is 0 Å². The van der Waals surface area contributed by atoms with Crippen LogP contribution in [0.1, 0.15) is 43.6 Å². The number of rotatable bonds is 7. The number of ketones is 1. The first-order chi connectivity index (χ1) is 14.3. The number of anilines is 2. The molecule has 3 rings (SSSR count). The number of nitrogens with zero attached hydrogens (tertiary/aromatic N) is 2. The first-order valence-corrected chi connectivity index (χ1v) is 10.4. The molecular weight excluding hydrogens is 376 g/mol. The minimum atomic E-state index is -0.491. The fourth-order valence-electron chi connectivity index (χ4n) is 4.07. The van der Waals surface area contributed by atoms with Gasteiger partial charge in [-0.2, -0.15) is 0 Å². The Morgan fingerprint density at radius 2 is 1.67 bits per heavy atom. The molecule has 0 bridgehead atoms. The lowest BCUT2D eigenvalue weighted by Gasteiger charge is -2.23. The zero-order chi connectivity index (χ0) is 21.9. The van der Waals surface area contributed by atoms with Crippen LogP contribution in [0.3, 0.4) is 0 Å². The quantitative estimate of drug-likeness (QED) is 0.498. The van der Waals surface area contributed by atoms with Gasteiger partial charge in [0.15, 0.2) is 12.4 Å². The number of carbonyl (C=O) groups excluding carboxylic acids is 2. The number of hydrogen-bond donors (Lipinski definition) is 0. The van der Waals surface area contributed by atoms with Crippen LogP contribution in [0.4, 0.5) is 11.4 Å². The Bertz CT molecular complexity index is 957. The lowest BCUT2D eigenvalue weighted by Crippen LogP contribution is -2.25. The number of fused-ring (bicyclic) bond motifs is 1. The third-order valence-electron chi connectivity index (χ3n) is 5.82. The molecule has 0 unspecified atom stereocenters. The molecule has 0 atom stereocenters. The van der Waals surface area contributed by atoms with E-state index < -0.39 is 5.97 Å². The van der Waals surface area contributed by atoms with E-state index in [0.29, 0.717) is 5.56 Å². The summed E-state index contributed by atoms with van der Waals surface area (Å²) in [6.45, 7) is 9.90. The fraction of sp³-hybridized carbons (Fsp3) is 0.360. The van der Waals surface area contributed by atoms with Gasteiger partial charge in [-0.15, -0.1) is 0 Å². The second-order valence-electron chi connectivity index (χ2n) is 7.99. The first kappa shape index (κ1) is 21.6. The molecule has 30 heavy (non-hydrogen) atoms. The highest BCUT2D eigenvalue weighted by molar-refractivity contribution is 5.96. The first-order valence-electron chi connectivity index (χ1n) is 10.4. The van der Waals surface area contributed by atoms with E-state index >= 15 is 0 Å². The van der Waals surface area contributed by atoms with Gasteiger partial charge in [-0.25, -0.2) is 4.79 Å². The van der Waals surface area contributed by atoms with Crippen molar-refractivity contribution in [1.29, 1.82) is 0 Å². The summed E-state index contributed by atoms with van der Waals surface area (Å²) >= 11 is 0. The number of allylic oxidation sites excluding steroid dienone is 1. The molecule has 2 aromatic carbocycles. The van der Waals surface area contributed by atoms with Gasteiger partial charge in [-0.05, 0) is 49.7 Å². The van der Waals surface area contributed by atoms with Crippen molar-refractivity contribution in [3.8, 4) is 0 Å². The largest absolute Gasteiger partial charge is 0.454 e. The van der Waals surface area contributed by atoms with Crippen LogP contribution in [0.15, 0.2) is 60.3 Å². The van der Waals surface area contributed by atoms with Crippen LogP contribution < -0.4 is 9.80 Å². The molecule has 0 radical (unpaired) electrons. The number of ether oxygens (including phenoxy) is 1. The molecule has 0 amide bonds. The minimum Gasteiger partial charge on any atom is -0.454 e. The molecule has 0 fully saturated rings. The van der Waals surface area contributed by atoms with Crippen molar-refractivity contribution in [2.75, 3.05) is 36.5 Å². The summed E-state index contributed by atoms with van der Waals surface area (Å²) < 4.78 is 5.27. The van der Waals surface area contributed by atoms with E-state index in [-0.39, 0.29) is 17.8 Å². The van der Waals surface area contributed by atoms with Crippen LogP contribution in [0, 0.1) is 0 Å². The van der Waals surface area contributed by atoms with E-state index in [9.17, 15) is 9.59 Å². The van der Waals surface area contributed by atoms with E-state index in [1.165, 1.54) is 5.56 Å². The standard InChI is InChI=1S/C25H30N2O3/c1-6-27(7-2)19-14-12-18(13-15-19)24(29)30-17-20(28)16-23-25(3,4)21-10-8-9-11-22(21)26(23)5/h8-16H,6-7,17H2,1-5H3. The Labute approximate surface area is 178 Å². The predicted molar refractivity (Wildman–Crippen MR) is 121 cm³/mol. The lowest BCUT2D eigenvalue weighted by molar-refractivity contribution is -0.117. The summed E-state index contributed by atoms with van der Waals surface area (Å²) in [5, 5.41) is 0. The van der Waals surface area contributed by atoms with Crippen molar-refractivity contribution >= 4 is 23.1 Å². The normalized spacial score (nSPS) is 15.8. The molecule has 0 aliphatic carbocycles. The summed E-state index contributed by atoms with van der Waals surface area (Å²) in [6.07, 6.45) is 1.59. The maximum Gasteiger partial charge on any atom is 0.338 e. The van der Waals surface area contributed by atoms with E-state index in [1.807, 2.05) is 42.3 Å². The summed E-state index contributed by atoms with van der Waals surface area (Å²) in [5.41, 5.74) is 4.38. The molecule has 5 heteroatoms. The van der Waals surface area contributed by atoms with Crippen molar-refractivity contribution < 1.29 is 14.3 Å². The summed E-state index contributed by atoms with van der Waals surface area (Å²) in [5.74, 6) is -0.721. The molecule has 158 valence electrons. The smallest absolute Gasteiger partial charge is 0.338 e. The van der Waals surface area contributed by atoms with E-state index in [1.54, 1.807) is 18.2 Å². The Morgan fingerprint density at radius 1 is 1.03 bits per heavy atom. The molecule has 0 saturated carbocycles. The van der Waals surface area contributed by atoms with Gasteiger partial charge in [0.05, 0.1) is 5.56 Å². The molecule has 2 aromatic rings. The topological polar surface area (TPSA) is 49.9 Å². The number of esters is 1. The molecule has 0 aromatic heterocycles. The zero-order valence-electron chi connectivity index (χ0n) is 18.4. The van der Waals surface area contributed by atoms with Gasteiger partial charge in [0.1, 0.15) is 0 Å². The van der Waals surface area contributed by atoms with Crippen LogP contribution in [-0.4, -0.2) is 38.5 Å².